The van der Waals surface area contributed by atoms with Gasteiger partial charge in [-0.05, 0) is 31.2 Å². The first-order valence-electron chi connectivity index (χ1n) is 6.23. The molecule has 0 fully saturated rings. The van der Waals surface area contributed by atoms with Crippen LogP contribution in [0.4, 0.5) is 14.5 Å². The minimum absolute atomic E-state index is 0.0753. The quantitative estimate of drug-likeness (QED) is 0.909. The van der Waals surface area contributed by atoms with E-state index in [9.17, 15) is 13.6 Å². The second-order valence-corrected chi connectivity index (χ2v) is 4.20. The molecule has 2 N–H and O–H groups in total. The van der Waals surface area contributed by atoms with Crippen molar-refractivity contribution in [1.82, 2.24) is 0 Å². The van der Waals surface area contributed by atoms with Gasteiger partial charge in [-0.3, -0.25) is 4.79 Å². The summed E-state index contributed by atoms with van der Waals surface area (Å²) < 4.78 is 32.2. The van der Waals surface area contributed by atoms with E-state index in [0.29, 0.717) is 6.61 Å². The lowest BCUT2D eigenvalue weighted by molar-refractivity contribution is 0.102. The smallest absolute Gasteiger partial charge is 0.258 e. The standard InChI is InChI=1S/C15H13F2NO3/c1-2-21-14-6-3-9(7-13(14)17)18-15(20)11-5-4-10(19)8-12(11)16/h3-8,19H,2H2,1H3,(H,18,20). The van der Waals surface area contributed by atoms with Crippen molar-refractivity contribution in [2.75, 3.05) is 11.9 Å². The molecule has 0 saturated heterocycles. The van der Waals surface area contributed by atoms with E-state index in [1.165, 1.54) is 18.2 Å². The van der Waals surface area contributed by atoms with E-state index in [2.05, 4.69) is 5.32 Å². The average molecular weight is 293 g/mol. The monoisotopic (exact) mass is 293 g/mol. The van der Waals surface area contributed by atoms with E-state index in [-0.39, 0.29) is 22.7 Å². The molecule has 110 valence electrons. The van der Waals surface area contributed by atoms with E-state index in [1.54, 1.807) is 6.92 Å². The molecular formula is C15H13F2NO3. The fourth-order valence-electron chi connectivity index (χ4n) is 1.74. The molecule has 0 unspecified atom stereocenters. The van der Waals surface area contributed by atoms with E-state index in [1.807, 2.05) is 0 Å². The minimum atomic E-state index is -0.862. The molecule has 2 rings (SSSR count). The Labute approximate surface area is 120 Å². The zero-order valence-electron chi connectivity index (χ0n) is 11.2. The van der Waals surface area contributed by atoms with Crippen molar-refractivity contribution in [3.8, 4) is 11.5 Å². The summed E-state index contributed by atoms with van der Waals surface area (Å²) in [6.07, 6.45) is 0. The molecule has 1 amide bonds. The fourth-order valence-corrected chi connectivity index (χ4v) is 1.74. The van der Waals surface area contributed by atoms with Crippen molar-refractivity contribution in [2.45, 2.75) is 6.92 Å². The number of ether oxygens (including phenoxy) is 1. The molecule has 0 aliphatic heterocycles. The van der Waals surface area contributed by atoms with Gasteiger partial charge in [0.25, 0.3) is 5.91 Å². The first-order valence-corrected chi connectivity index (χ1v) is 6.23. The Kier molecular flexibility index (Phi) is 4.37. The summed E-state index contributed by atoms with van der Waals surface area (Å²) >= 11 is 0. The van der Waals surface area contributed by atoms with Crippen LogP contribution in [0.25, 0.3) is 0 Å². The van der Waals surface area contributed by atoms with Gasteiger partial charge in [0.1, 0.15) is 11.6 Å². The number of hydrogen-bond donors (Lipinski definition) is 2. The Balaban J connectivity index is 2.17. The Bertz CT molecular complexity index is 674. The first kappa shape index (κ1) is 14.8. The second-order valence-electron chi connectivity index (χ2n) is 4.20. The number of rotatable bonds is 4. The number of amides is 1. The topological polar surface area (TPSA) is 58.6 Å². The number of hydrogen-bond acceptors (Lipinski definition) is 3. The average Bonchev–Trinajstić information content (AvgIpc) is 2.41. The van der Waals surface area contributed by atoms with Crippen molar-refractivity contribution in [1.29, 1.82) is 0 Å². The highest BCUT2D eigenvalue weighted by Gasteiger charge is 2.13. The molecule has 4 nitrogen and oxygen atoms in total. The number of halogens is 2. The van der Waals surface area contributed by atoms with Crippen LogP contribution in [0, 0.1) is 11.6 Å². The molecule has 0 aliphatic rings. The number of phenols is 1. The number of nitrogens with one attached hydrogen (secondary N) is 1. The van der Waals surface area contributed by atoms with E-state index in [0.717, 1.165) is 18.2 Å². The molecule has 6 heteroatoms. The number of anilines is 1. The highest BCUT2D eigenvalue weighted by atomic mass is 19.1. The van der Waals surface area contributed by atoms with Gasteiger partial charge in [-0.1, -0.05) is 0 Å². The minimum Gasteiger partial charge on any atom is -0.508 e. The van der Waals surface area contributed by atoms with E-state index in [4.69, 9.17) is 9.84 Å². The van der Waals surface area contributed by atoms with Gasteiger partial charge in [0, 0.05) is 17.8 Å². The largest absolute Gasteiger partial charge is 0.508 e. The van der Waals surface area contributed by atoms with Crippen LogP contribution >= 0.6 is 0 Å². The van der Waals surface area contributed by atoms with Gasteiger partial charge in [-0.15, -0.1) is 0 Å². The maximum absolute atomic E-state index is 13.6. The van der Waals surface area contributed by atoms with Crippen molar-refractivity contribution >= 4 is 11.6 Å². The van der Waals surface area contributed by atoms with Crippen LogP contribution in [0.5, 0.6) is 11.5 Å². The highest BCUT2D eigenvalue weighted by molar-refractivity contribution is 6.04. The van der Waals surface area contributed by atoms with Crippen LogP contribution in [0.2, 0.25) is 0 Å². The van der Waals surface area contributed by atoms with Gasteiger partial charge >= 0.3 is 0 Å². The van der Waals surface area contributed by atoms with E-state index < -0.39 is 17.5 Å². The Morgan fingerprint density at radius 1 is 1.19 bits per heavy atom. The van der Waals surface area contributed by atoms with Gasteiger partial charge in [0.05, 0.1) is 12.2 Å². The number of benzene rings is 2. The zero-order chi connectivity index (χ0) is 15.4. The molecule has 0 spiro atoms. The molecular weight excluding hydrogens is 280 g/mol. The van der Waals surface area contributed by atoms with Crippen LogP contribution in [-0.4, -0.2) is 17.6 Å². The van der Waals surface area contributed by atoms with Gasteiger partial charge < -0.3 is 15.2 Å². The lowest BCUT2D eigenvalue weighted by Gasteiger charge is -2.09. The van der Waals surface area contributed by atoms with E-state index >= 15 is 0 Å². The summed E-state index contributed by atoms with van der Waals surface area (Å²) in [6, 6.07) is 7.07. The fraction of sp³-hybridized carbons (Fsp3) is 0.133. The van der Waals surface area contributed by atoms with Gasteiger partial charge in [0.15, 0.2) is 11.6 Å². The molecule has 2 aromatic carbocycles. The SMILES string of the molecule is CCOc1ccc(NC(=O)c2ccc(O)cc2F)cc1F. The number of phenolic OH excluding ortho intramolecular Hbond substituents is 1. The van der Waals surface area contributed by atoms with Gasteiger partial charge in [-0.2, -0.15) is 0 Å². The van der Waals surface area contributed by atoms with Crippen LogP contribution in [-0.2, 0) is 0 Å². The Morgan fingerprint density at radius 2 is 1.95 bits per heavy atom. The predicted molar refractivity (Wildman–Crippen MR) is 73.6 cm³/mol. The molecule has 0 atom stereocenters. The third kappa shape index (κ3) is 3.47. The van der Waals surface area contributed by atoms with Crippen LogP contribution in [0.3, 0.4) is 0 Å². The molecule has 2 aromatic rings. The maximum Gasteiger partial charge on any atom is 0.258 e. The van der Waals surface area contributed by atoms with Gasteiger partial charge in [-0.25, -0.2) is 8.78 Å². The summed E-state index contributed by atoms with van der Waals surface area (Å²) in [4.78, 5) is 11.9. The summed E-state index contributed by atoms with van der Waals surface area (Å²) in [6.45, 7) is 2.05. The van der Waals surface area contributed by atoms with Crippen molar-refractivity contribution in [2.24, 2.45) is 0 Å². The summed E-state index contributed by atoms with van der Waals surface area (Å²) in [5.41, 5.74) is -0.0736. The van der Waals surface area contributed by atoms with Crippen LogP contribution in [0.15, 0.2) is 36.4 Å². The lowest BCUT2D eigenvalue weighted by Crippen LogP contribution is -2.13. The maximum atomic E-state index is 13.6. The van der Waals surface area contributed by atoms with Crippen molar-refractivity contribution < 1.29 is 23.4 Å². The second kappa shape index (κ2) is 6.21. The summed E-state index contributed by atoms with van der Waals surface area (Å²) in [5, 5.41) is 11.5. The molecule has 0 saturated carbocycles. The third-order valence-corrected chi connectivity index (χ3v) is 2.69. The first-order chi connectivity index (χ1) is 10.0. The molecule has 0 heterocycles. The van der Waals surface area contributed by atoms with Gasteiger partial charge in [0.2, 0.25) is 0 Å². The lowest BCUT2D eigenvalue weighted by atomic mass is 10.2. The third-order valence-electron chi connectivity index (χ3n) is 2.69. The molecule has 0 aliphatic carbocycles. The number of aromatic hydroxyl groups is 1. The van der Waals surface area contributed by atoms with Crippen LogP contribution < -0.4 is 10.1 Å². The highest BCUT2D eigenvalue weighted by Crippen LogP contribution is 2.22. The summed E-state index contributed by atoms with van der Waals surface area (Å²) in [7, 11) is 0. The molecule has 21 heavy (non-hydrogen) atoms. The van der Waals surface area contributed by atoms with Crippen LogP contribution in [0.1, 0.15) is 17.3 Å². The summed E-state index contributed by atoms with van der Waals surface area (Å²) in [5.74, 6) is -2.43. The zero-order valence-corrected chi connectivity index (χ0v) is 11.2. The van der Waals surface area contributed by atoms with Crippen molar-refractivity contribution in [3.05, 3.63) is 53.6 Å². The molecule has 0 radical (unpaired) electrons. The number of carbonyl (C=O) groups is 1. The normalized spacial score (nSPS) is 10.2. The Morgan fingerprint density at radius 3 is 2.57 bits per heavy atom. The van der Waals surface area contributed by atoms with Crippen molar-refractivity contribution in [3.63, 3.8) is 0 Å². The molecule has 0 bridgehead atoms. The molecule has 0 aromatic heterocycles. The predicted octanol–water partition coefficient (Wildman–Crippen LogP) is 3.32. The number of carbonyl (C=O) groups excluding carboxylic acids is 1. The Hall–Kier alpha value is -2.63.